The van der Waals surface area contributed by atoms with Crippen LogP contribution in [0.2, 0.25) is 0 Å². The molecule has 7 nitrogen and oxygen atoms in total. The second-order valence-corrected chi connectivity index (χ2v) is 9.09. The lowest BCUT2D eigenvalue weighted by Crippen LogP contribution is -2.50. The van der Waals surface area contributed by atoms with E-state index in [2.05, 4.69) is 17.0 Å². The molecule has 0 radical (unpaired) electrons. The molecule has 1 amide bonds. The van der Waals surface area contributed by atoms with Crippen molar-refractivity contribution < 1.29 is 19.0 Å². The van der Waals surface area contributed by atoms with Gasteiger partial charge in [0, 0.05) is 32.7 Å². The number of rotatable bonds is 10. The molecule has 0 N–H and O–H groups in total. The van der Waals surface area contributed by atoms with Crippen LogP contribution in [0.25, 0.3) is 0 Å². The van der Waals surface area contributed by atoms with Crippen molar-refractivity contribution in [3.63, 3.8) is 0 Å². The zero-order valence-corrected chi connectivity index (χ0v) is 21.4. The fraction of sp³-hybridized carbons (Fsp3) is 0.333. The van der Waals surface area contributed by atoms with Gasteiger partial charge in [0.2, 0.25) is 5.91 Å². The Morgan fingerprint density at radius 2 is 1.57 bits per heavy atom. The topological polar surface area (TPSA) is 75.0 Å². The Morgan fingerprint density at radius 1 is 0.892 bits per heavy atom. The maximum atomic E-state index is 12.9. The van der Waals surface area contributed by atoms with Crippen molar-refractivity contribution in [2.24, 2.45) is 0 Å². The summed E-state index contributed by atoms with van der Waals surface area (Å²) < 4.78 is 17.1. The molecule has 192 valence electrons. The first-order chi connectivity index (χ1) is 18.1. The van der Waals surface area contributed by atoms with Crippen molar-refractivity contribution in [1.29, 1.82) is 5.26 Å². The lowest BCUT2D eigenvalue weighted by molar-refractivity contribution is -0.132. The van der Waals surface area contributed by atoms with E-state index in [0.29, 0.717) is 38.2 Å². The monoisotopic (exact) mass is 499 g/mol. The summed E-state index contributed by atoms with van der Waals surface area (Å²) in [5, 5.41) is 9.05. The summed E-state index contributed by atoms with van der Waals surface area (Å²) in [5.41, 5.74) is 3.65. The van der Waals surface area contributed by atoms with E-state index in [-0.39, 0.29) is 12.0 Å². The average Bonchev–Trinajstić information content (AvgIpc) is 2.96. The second kappa shape index (κ2) is 12.9. The van der Waals surface area contributed by atoms with E-state index in [4.69, 9.17) is 19.5 Å². The standard InChI is InChI=1S/C30H33N3O4/c1-35-27-7-3-5-25(17-27)18-30(34)33-15-13-32(14-16-33)21-29(26-6-4-8-28(19-26)36-2)37-22-24-11-9-23(20-31)10-12-24/h3-12,17,19,29H,13-16,18,21-22H2,1-2H3. The zero-order valence-electron chi connectivity index (χ0n) is 21.4. The Labute approximate surface area is 218 Å². The number of ether oxygens (including phenoxy) is 3. The largest absolute Gasteiger partial charge is 0.497 e. The number of methoxy groups -OCH3 is 2. The average molecular weight is 500 g/mol. The highest BCUT2D eigenvalue weighted by Crippen LogP contribution is 2.25. The van der Waals surface area contributed by atoms with Gasteiger partial charge >= 0.3 is 0 Å². The normalized spacial score (nSPS) is 14.6. The molecule has 1 atom stereocenters. The minimum atomic E-state index is -0.162. The van der Waals surface area contributed by atoms with Gasteiger partial charge in [0.15, 0.2) is 0 Å². The van der Waals surface area contributed by atoms with E-state index in [0.717, 1.165) is 41.3 Å². The van der Waals surface area contributed by atoms with Crippen molar-refractivity contribution in [1.82, 2.24) is 9.80 Å². The number of carbonyl (C=O) groups excluding carboxylic acids is 1. The summed E-state index contributed by atoms with van der Waals surface area (Å²) in [6.07, 6.45) is 0.210. The molecule has 37 heavy (non-hydrogen) atoms. The van der Waals surface area contributed by atoms with Crippen LogP contribution in [0.15, 0.2) is 72.8 Å². The molecule has 4 rings (SSSR count). The van der Waals surface area contributed by atoms with Gasteiger partial charge in [-0.25, -0.2) is 0 Å². The van der Waals surface area contributed by atoms with Crippen LogP contribution in [-0.2, 0) is 22.6 Å². The Bertz CT molecular complexity index is 1210. The molecular formula is C30H33N3O4. The third kappa shape index (κ3) is 7.32. The van der Waals surface area contributed by atoms with Crippen molar-refractivity contribution in [2.45, 2.75) is 19.1 Å². The van der Waals surface area contributed by atoms with Crippen LogP contribution >= 0.6 is 0 Å². The third-order valence-corrected chi connectivity index (χ3v) is 6.64. The number of hydrogen-bond acceptors (Lipinski definition) is 6. The number of benzene rings is 3. The lowest BCUT2D eigenvalue weighted by Gasteiger charge is -2.36. The lowest BCUT2D eigenvalue weighted by atomic mass is 10.1. The smallest absolute Gasteiger partial charge is 0.227 e. The molecule has 1 saturated heterocycles. The number of hydrogen-bond donors (Lipinski definition) is 0. The molecule has 1 aliphatic heterocycles. The maximum Gasteiger partial charge on any atom is 0.227 e. The van der Waals surface area contributed by atoms with Crippen molar-refractivity contribution in [3.05, 3.63) is 95.1 Å². The number of nitrogens with zero attached hydrogens (tertiary/aromatic N) is 3. The fourth-order valence-corrected chi connectivity index (χ4v) is 4.45. The Balaban J connectivity index is 1.36. The molecule has 1 aliphatic rings. The van der Waals surface area contributed by atoms with Crippen molar-refractivity contribution in [2.75, 3.05) is 46.9 Å². The molecule has 1 unspecified atom stereocenters. The SMILES string of the molecule is COc1cccc(CC(=O)N2CCN(CC(OCc3ccc(C#N)cc3)c3cccc(OC)c3)CC2)c1. The zero-order chi connectivity index (χ0) is 26.0. The first-order valence-corrected chi connectivity index (χ1v) is 12.5. The summed E-state index contributed by atoms with van der Waals surface area (Å²) in [6.45, 7) is 4.08. The Kier molecular flexibility index (Phi) is 9.14. The predicted molar refractivity (Wildman–Crippen MR) is 141 cm³/mol. The van der Waals surface area contributed by atoms with Gasteiger partial charge in [-0.05, 0) is 53.1 Å². The highest BCUT2D eigenvalue weighted by atomic mass is 16.5. The van der Waals surface area contributed by atoms with E-state index in [1.807, 2.05) is 59.5 Å². The molecule has 3 aromatic carbocycles. The van der Waals surface area contributed by atoms with Crippen molar-refractivity contribution in [3.8, 4) is 17.6 Å². The molecular weight excluding hydrogens is 466 g/mol. The van der Waals surface area contributed by atoms with Gasteiger partial charge in [-0.15, -0.1) is 0 Å². The van der Waals surface area contributed by atoms with Gasteiger partial charge in [-0.2, -0.15) is 5.26 Å². The number of piperazine rings is 1. The third-order valence-electron chi connectivity index (χ3n) is 6.64. The van der Waals surface area contributed by atoms with Gasteiger partial charge in [-0.3, -0.25) is 9.69 Å². The van der Waals surface area contributed by atoms with Crippen LogP contribution < -0.4 is 9.47 Å². The Hall–Kier alpha value is -3.86. The van der Waals surface area contributed by atoms with E-state index in [9.17, 15) is 4.79 Å². The summed E-state index contributed by atoms with van der Waals surface area (Å²) >= 11 is 0. The molecule has 0 aromatic heterocycles. The number of carbonyl (C=O) groups is 1. The summed E-state index contributed by atoms with van der Waals surface area (Å²) in [5.74, 6) is 1.69. The van der Waals surface area contributed by atoms with Gasteiger partial charge < -0.3 is 19.1 Å². The highest BCUT2D eigenvalue weighted by molar-refractivity contribution is 5.79. The van der Waals surface area contributed by atoms with Gasteiger partial charge in [-0.1, -0.05) is 36.4 Å². The van der Waals surface area contributed by atoms with Crippen molar-refractivity contribution >= 4 is 5.91 Å². The molecule has 1 fully saturated rings. The second-order valence-electron chi connectivity index (χ2n) is 9.09. The molecule has 0 spiro atoms. The van der Waals surface area contributed by atoms with Gasteiger partial charge in [0.25, 0.3) is 0 Å². The maximum absolute atomic E-state index is 12.9. The van der Waals surface area contributed by atoms with E-state index >= 15 is 0 Å². The molecule has 0 bridgehead atoms. The first kappa shape index (κ1) is 26.2. The molecule has 7 heteroatoms. The minimum absolute atomic E-state index is 0.134. The molecule has 3 aromatic rings. The first-order valence-electron chi connectivity index (χ1n) is 12.5. The summed E-state index contributed by atoms with van der Waals surface area (Å²) in [4.78, 5) is 17.2. The summed E-state index contributed by atoms with van der Waals surface area (Å²) in [7, 11) is 3.29. The van der Waals surface area contributed by atoms with Crippen LogP contribution in [0.1, 0.15) is 28.4 Å². The van der Waals surface area contributed by atoms with E-state index in [1.165, 1.54) is 0 Å². The van der Waals surface area contributed by atoms with Crippen LogP contribution in [0.5, 0.6) is 11.5 Å². The van der Waals surface area contributed by atoms with Crippen LogP contribution in [0.3, 0.4) is 0 Å². The van der Waals surface area contributed by atoms with Gasteiger partial charge in [0.1, 0.15) is 11.5 Å². The predicted octanol–water partition coefficient (Wildman–Crippen LogP) is 4.22. The summed E-state index contributed by atoms with van der Waals surface area (Å²) in [6, 6.07) is 25.2. The minimum Gasteiger partial charge on any atom is -0.497 e. The van der Waals surface area contributed by atoms with Gasteiger partial charge in [0.05, 0.1) is 45.0 Å². The molecule has 0 aliphatic carbocycles. The highest BCUT2D eigenvalue weighted by Gasteiger charge is 2.24. The number of amides is 1. The van der Waals surface area contributed by atoms with Crippen LogP contribution in [-0.4, -0.2) is 62.7 Å². The fourth-order valence-electron chi connectivity index (χ4n) is 4.45. The number of nitriles is 1. The van der Waals surface area contributed by atoms with Crippen LogP contribution in [0.4, 0.5) is 0 Å². The van der Waals surface area contributed by atoms with E-state index in [1.54, 1.807) is 26.4 Å². The quantitative estimate of drug-likeness (QED) is 0.416. The molecule has 0 saturated carbocycles. The van der Waals surface area contributed by atoms with E-state index < -0.39 is 0 Å². The van der Waals surface area contributed by atoms with Crippen LogP contribution in [0, 0.1) is 11.3 Å². The molecule has 1 heterocycles. The Morgan fingerprint density at radius 3 is 2.24 bits per heavy atom.